The zero-order valence-electron chi connectivity index (χ0n) is 5.37. The molecule has 10 heavy (non-hydrogen) atoms. The molecule has 0 fully saturated rings. The fraction of sp³-hybridized carbons (Fsp3) is 0.286. The third-order valence-corrected chi connectivity index (χ3v) is 2.75. The van der Waals surface area contributed by atoms with Gasteiger partial charge in [0.25, 0.3) is 0 Å². The number of fused-ring (bicyclic) bond motifs is 1. The SMILES string of the molecule is ON=C1CCc2sccc21. The second kappa shape index (κ2) is 2.09. The maximum absolute atomic E-state index is 8.52. The summed E-state index contributed by atoms with van der Waals surface area (Å²) in [5.41, 5.74) is 1.99. The minimum absolute atomic E-state index is 0.844. The lowest BCUT2D eigenvalue weighted by molar-refractivity contribution is 0.318. The van der Waals surface area contributed by atoms with Gasteiger partial charge in [-0.1, -0.05) is 5.16 Å². The summed E-state index contributed by atoms with van der Waals surface area (Å²) in [5, 5.41) is 13.8. The third-order valence-electron chi connectivity index (χ3n) is 1.77. The van der Waals surface area contributed by atoms with E-state index in [0.717, 1.165) is 24.1 Å². The van der Waals surface area contributed by atoms with Crippen LogP contribution in [0.3, 0.4) is 0 Å². The highest BCUT2D eigenvalue weighted by Crippen LogP contribution is 2.26. The summed E-state index contributed by atoms with van der Waals surface area (Å²) >= 11 is 1.74. The minimum Gasteiger partial charge on any atom is -0.411 e. The van der Waals surface area contributed by atoms with Crippen molar-refractivity contribution in [2.45, 2.75) is 12.8 Å². The van der Waals surface area contributed by atoms with E-state index in [1.807, 2.05) is 11.4 Å². The molecule has 2 nitrogen and oxygen atoms in total. The van der Waals surface area contributed by atoms with Crippen molar-refractivity contribution in [1.82, 2.24) is 0 Å². The second-order valence-electron chi connectivity index (χ2n) is 2.30. The lowest BCUT2D eigenvalue weighted by Gasteiger charge is -1.87. The Balaban J connectivity index is 2.53. The molecule has 0 atom stereocenters. The molecule has 0 aromatic carbocycles. The summed E-state index contributed by atoms with van der Waals surface area (Å²) in [5.74, 6) is 0. The van der Waals surface area contributed by atoms with Crippen LogP contribution in [0.5, 0.6) is 0 Å². The molecule has 0 spiro atoms. The lowest BCUT2D eigenvalue weighted by Crippen LogP contribution is -1.90. The highest BCUT2D eigenvalue weighted by atomic mass is 32.1. The van der Waals surface area contributed by atoms with Gasteiger partial charge in [-0.15, -0.1) is 11.3 Å². The van der Waals surface area contributed by atoms with Crippen LogP contribution >= 0.6 is 11.3 Å². The molecule has 1 heterocycles. The normalized spacial score (nSPS) is 19.8. The van der Waals surface area contributed by atoms with E-state index in [9.17, 15) is 0 Å². The molecule has 0 radical (unpaired) electrons. The van der Waals surface area contributed by atoms with Gasteiger partial charge in [0.1, 0.15) is 0 Å². The average molecular weight is 153 g/mol. The smallest absolute Gasteiger partial charge is 0.0882 e. The zero-order valence-corrected chi connectivity index (χ0v) is 6.19. The predicted octanol–water partition coefficient (Wildman–Crippen LogP) is 1.87. The lowest BCUT2D eigenvalue weighted by atomic mass is 10.2. The Labute approximate surface area is 62.8 Å². The fourth-order valence-electron chi connectivity index (χ4n) is 1.26. The van der Waals surface area contributed by atoms with E-state index < -0.39 is 0 Å². The molecule has 3 heteroatoms. The van der Waals surface area contributed by atoms with Gasteiger partial charge in [0.15, 0.2) is 0 Å². The molecule has 0 unspecified atom stereocenters. The molecule has 1 N–H and O–H groups in total. The number of aryl methyl sites for hydroxylation is 1. The van der Waals surface area contributed by atoms with E-state index in [1.54, 1.807) is 11.3 Å². The summed E-state index contributed by atoms with van der Waals surface area (Å²) in [6.45, 7) is 0. The fourth-order valence-corrected chi connectivity index (χ4v) is 2.16. The molecular formula is C7H7NOS. The van der Waals surface area contributed by atoms with Crippen LogP contribution in [0, 0.1) is 0 Å². The number of rotatable bonds is 0. The summed E-state index contributed by atoms with van der Waals surface area (Å²) in [4.78, 5) is 1.35. The molecule has 0 saturated heterocycles. The van der Waals surface area contributed by atoms with Crippen molar-refractivity contribution in [2.75, 3.05) is 0 Å². The summed E-state index contributed by atoms with van der Waals surface area (Å²) < 4.78 is 0. The number of hydrogen-bond donors (Lipinski definition) is 1. The van der Waals surface area contributed by atoms with Gasteiger partial charge in [-0.2, -0.15) is 0 Å². The first kappa shape index (κ1) is 5.92. The van der Waals surface area contributed by atoms with Crippen LogP contribution in [0.25, 0.3) is 0 Å². The number of hydrogen-bond acceptors (Lipinski definition) is 3. The number of oxime groups is 1. The highest BCUT2D eigenvalue weighted by molar-refractivity contribution is 7.10. The Hall–Kier alpha value is -0.830. The molecule has 0 saturated carbocycles. The average Bonchev–Trinajstić information content (AvgIpc) is 2.44. The standard InChI is InChI=1S/C7H7NOS/c9-8-6-1-2-7-5(6)3-4-10-7/h3-4,9H,1-2H2. The molecule has 0 aliphatic heterocycles. The van der Waals surface area contributed by atoms with E-state index in [2.05, 4.69) is 5.16 Å². The van der Waals surface area contributed by atoms with Crippen molar-refractivity contribution < 1.29 is 5.21 Å². The quantitative estimate of drug-likeness (QED) is 0.448. The summed E-state index contributed by atoms with van der Waals surface area (Å²) in [6.07, 6.45) is 1.95. The van der Waals surface area contributed by atoms with Gasteiger partial charge < -0.3 is 5.21 Å². The topological polar surface area (TPSA) is 32.6 Å². The Kier molecular flexibility index (Phi) is 1.24. The molecule has 0 amide bonds. The second-order valence-corrected chi connectivity index (χ2v) is 3.30. The van der Waals surface area contributed by atoms with Crippen molar-refractivity contribution in [3.8, 4) is 0 Å². The van der Waals surface area contributed by atoms with Crippen molar-refractivity contribution in [3.05, 3.63) is 21.9 Å². The molecule has 1 aliphatic rings. The van der Waals surface area contributed by atoms with Crippen molar-refractivity contribution in [1.29, 1.82) is 0 Å². The molecular weight excluding hydrogens is 146 g/mol. The van der Waals surface area contributed by atoms with Crippen molar-refractivity contribution >= 4 is 17.0 Å². The van der Waals surface area contributed by atoms with E-state index >= 15 is 0 Å². The first-order valence-corrected chi connectivity index (χ1v) is 4.07. The van der Waals surface area contributed by atoms with Crippen LogP contribution in [0.1, 0.15) is 16.9 Å². The van der Waals surface area contributed by atoms with E-state index in [-0.39, 0.29) is 0 Å². The Bertz CT molecular complexity index is 277. The minimum atomic E-state index is 0.844. The summed E-state index contributed by atoms with van der Waals surface area (Å²) in [6, 6.07) is 2.02. The van der Waals surface area contributed by atoms with Gasteiger partial charge in [-0.3, -0.25) is 0 Å². The third kappa shape index (κ3) is 0.671. The maximum Gasteiger partial charge on any atom is 0.0882 e. The van der Waals surface area contributed by atoms with Gasteiger partial charge in [-0.05, 0) is 24.3 Å². The zero-order chi connectivity index (χ0) is 6.97. The van der Waals surface area contributed by atoms with E-state index in [4.69, 9.17) is 5.21 Å². The molecule has 1 aromatic rings. The maximum atomic E-state index is 8.52. The molecule has 0 bridgehead atoms. The molecule has 1 aliphatic carbocycles. The number of nitrogens with zero attached hydrogens (tertiary/aromatic N) is 1. The van der Waals surface area contributed by atoms with E-state index in [1.165, 1.54) is 4.88 Å². The van der Waals surface area contributed by atoms with Crippen LogP contribution in [0.2, 0.25) is 0 Å². The van der Waals surface area contributed by atoms with Crippen LogP contribution in [0.15, 0.2) is 16.6 Å². The van der Waals surface area contributed by atoms with Crippen molar-refractivity contribution in [3.63, 3.8) is 0 Å². The van der Waals surface area contributed by atoms with Gasteiger partial charge in [0, 0.05) is 10.4 Å². The Morgan fingerprint density at radius 3 is 3.20 bits per heavy atom. The summed E-state index contributed by atoms with van der Waals surface area (Å²) in [7, 11) is 0. The highest BCUT2D eigenvalue weighted by Gasteiger charge is 2.18. The molecule has 52 valence electrons. The Morgan fingerprint density at radius 2 is 2.40 bits per heavy atom. The largest absolute Gasteiger partial charge is 0.411 e. The monoisotopic (exact) mass is 153 g/mol. The van der Waals surface area contributed by atoms with Crippen LogP contribution in [-0.2, 0) is 6.42 Å². The number of thiophene rings is 1. The van der Waals surface area contributed by atoms with Gasteiger partial charge in [0.2, 0.25) is 0 Å². The predicted molar refractivity (Wildman–Crippen MR) is 41.0 cm³/mol. The van der Waals surface area contributed by atoms with Crippen LogP contribution < -0.4 is 0 Å². The van der Waals surface area contributed by atoms with Gasteiger partial charge >= 0.3 is 0 Å². The van der Waals surface area contributed by atoms with Crippen LogP contribution in [0.4, 0.5) is 0 Å². The van der Waals surface area contributed by atoms with Crippen molar-refractivity contribution in [2.24, 2.45) is 5.16 Å². The van der Waals surface area contributed by atoms with Gasteiger partial charge in [0.05, 0.1) is 5.71 Å². The molecule has 2 rings (SSSR count). The first-order valence-electron chi connectivity index (χ1n) is 3.19. The van der Waals surface area contributed by atoms with Crippen LogP contribution in [-0.4, -0.2) is 10.9 Å². The Morgan fingerprint density at radius 1 is 1.50 bits per heavy atom. The first-order chi connectivity index (χ1) is 4.92. The molecule has 1 aromatic heterocycles. The van der Waals surface area contributed by atoms with E-state index in [0.29, 0.717) is 0 Å². The van der Waals surface area contributed by atoms with Gasteiger partial charge in [-0.25, -0.2) is 0 Å².